The molecule has 2 aromatic rings. The van der Waals surface area contributed by atoms with Gasteiger partial charge in [0.25, 0.3) is 0 Å². The third kappa shape index (κ3) is 4.82. The van der Waals surface area contributed by atoms with Crippen molar-refractivity contribution in [3.63, 3.8) is 0 Å². The van der Waals surface area contributed by atoms with Crippen LogP contribution >= 0.6 is 23.4 Å². The minimum Gasteiger partial charge on any atom is -0.356 e. The van der Waals surface area contributed by atoms with Crippen LogP contribution in [0, 0.1) is 0 Å². The number of amides is 1. The van der Waals surface area contributed by atoms with E-state index < -0.39 is 0 Å². The van der Waals surface area contributed by atoms with Crippen molar-refractivity contribution < 1.29 is 4.79 Å². The Labute approximate surface area is 150 Å². The second kappa shape index (κ2) is 8.30. The molecule has 1 saturated heterocycles. The van der Waals surface area contributed by atoms with Crippen molar-refractivity contribution in [2.45, 2.75) is 24.5 Å². The molecule has 0 spiro atoms. The number of halogens is 1. The molecular formula is C16H18ClN5OS. The van der Waals surface area contributed by atoms with Gasteiger partial charge in [0.2, 0.25) is 5.91 Å². The summed E-state index contributed by atoms with van der Waals surface area (Å²) in [4.78, 5) is 26.8. The summed E-state index contributed by atoms with van der Waals surface area (Å²) < 4.78 is 0. The summed E-state index contributed by atoms with van der Waals surface area (Å²) in [7, 11) is 0. The molecule has 1 aliphatic heterocycles. The Kier molecular flexibility index (Phi) is 5.87. The summed E-state index contributed by atoms with van der Waals surface area (Å²) in [6.45, 7) is 2.46. The molecule has 0 saturated carbocycles. The molecule has 1 amide bonds. The quantitative estimate of drug-likeness (QED) is 0.483. The van der Waals surface area contributed by atoms with E-state index >= 15 is 0 Å². The number of anilines is 1. The van der Waals surface area contributed by atoms with Crippen molar-refractivity contribution in [3.05, 3.63) is 41.3 Å². The Bertz CT molecular complexity index is 694. The molecule has 0 unspecified atom stereocenters. The molecule has 24 heavy (non-hydrogen) atoms. The summed E-state index contributed by atoms with van der Waals surface area (Å²) in [6, 6.07) is 5.52. The van der Waals surface area contributed by atoms with Crippen LogP contribution in [0.2, 0.25) is 5.15 Å². The van der Waals surface area contributed by atoms with Crippen LogP contribution in [-0.4, -0.2) is 39.7 Å². The minimum atomic E-state index is -0.0666. The Morgan fingerprint density at radius 3 is 2.75 bits per heavy atom. The van der Waals surface area contributed by atoms with Gasteiger partial charge in [-0.05, 0) is 30.5 Å². The van der Waals surface area contributed by atoms with Gasteiger partial charge in [-0.25, -0.2) is 9.97 Å². The van der Waals surface area contributed by atoms with Gasteiger partial charge in [-0.2, -0.15) is 0 Å². The van der Waals surface area contributed by atoms with Gasteiger partial charge in [0.05, 0.1) is 5.75 Å². The van der Waals surface area contributed by atoms with Crippen molar-refractivity contribution in [3.8, 4) is 0 Å². The van der Waals surface area contributed by atoms with Crippen molar-refractivity contribution in [2.24, 2.45) is 0 Å². The van der Waals surface area contributed by atoms with Crippen LogP contribution in [0.1, 0.15) is 18.4 Å². The van der Waals surface area contributed by atoms with Crippen LogP contribution in [0.4, 0.5) is 5.82 Å². The zero-order valence-electron chi connectivity index (χ0n) is 13.1. The number of aromatic nitrogens is 3. The fourth-order valence-electron chi connectivity index (χ4n) is 2.44. The highest BCUT2D eigenvalue weighted by Crippen LogP contribution is 2.24. The summed E-state index contributed by atoms with van der Waals surface area (Å²) in [5.74, 6) is 1.03. The predicted octanol–water partition coefficient (Wildman–Crippen LogP) is 2.53. The first-order valence-electron chi connectivity index (χ1n) is 7.78. The molecule has 0 aliphatic carbocycles. The maximum atomic E-state index is 12.0. The number of carbonyl (C=O) groups is 1. The number of thioether (sulfide) groups is 1. The normalized spacial score (nSPS) is 14.0. The Morgan fingerprint density at radius 2 is 2.00 bits per heavy atom. The van der Waals surface area contributed by atoms with Gasteiger partial charge >= 0.3 is 0 Å². The number of hydrogen-bond acceptors (Lipinski definition) is 6. The highest BCUT2D eigenvalue weighted by atomic mass is 35.5. The van der Waals surface area contributed by atoms with Crippen molar-refractivity contribution >= 4 is 35.1 Å². The maximum Gasteiger partial charge on any atom is 0.230 e. The smallest absolute Gasteiger partial charge is 0.230 e. The Morgan fingerprint density at radius 1 is 1.25 bits per heavy atom. The summed E-state index contributed by atoms with van der Waals surface area (Å²) in [5, 5.41) is 3.81. The van der Waals surface area contributed by atoms with E-state index in [0.29, 0.717) is 16.9 Å². The van der Waals surface area contributed by atoms with E-state index in [4.69, 9.17) is 11.6 Å². The Balaban J connectivity index is 1.53. The number of nitrogens with zero attached hydrogens (tertiary/aromatic N) is 4. The molecule has 8 heteroatoms. The average molecular weight is 364 g/mol. The van der Waals surface area contributed by atoms with E-state index in [9.17, 15) is 4.79 Å². The van der Waals surface area contributed by atoms with Gasteiger partial charge in [0, 0.05) is 38.1 Å². The van der Waals surface area contributed by atoms with Gasteiger partial charge < -0.3 is 10.2 Å². The van der Waals surface area contributed by atoms with Crippen LogP contribution in [0.3, 0.4) is 0 Å². The molecular weight excluding hydrogens is 346 g/mol. The average Bonchev–Trinajstić information content (AvgIpc) is 3.13. The lowest BCUT2D eigenvalue weighted by molar-refractivity contribution is -0.118. The fraction of sp³-hybridized carbons (Fsp3) is 0.375. The van der Waals surface area contributed by atoms with Gasteiger partial charge in [0.1, 0.15) is 11.0 Å². The monoisotopic (exact) mass is 363 g/mol. The van der Waals surface area contributed by atoms with E-state index in [1.54, 1.807) is 18.5 Å². The molecule has 1 N–H and O–H groups in total. The lowest BCUT2D eigenvalue weighted by Crippen LogP contribution is -2.24. The zero-order valence-corrected chi connectivity index (χ0v) is 14.7. The van der Waals surface area contributed by atoms with Crippen molar-refractivity contribution in [1.29, 1.82) is 0 Å². The van der Waals surface area contributed by atoms with E-state index in [2.05, 4.69) is 25.2 Å². The third-order valence-electron chi connectivity index (χ3n) is 3.66. The molecule has 0 atom stereocenters. The largest absolute Gasteiger partial charge is 0.356 e. The van der Waals surface area contributed by atoms with Crippen LogP contribution in [0.25, 0.3) is 0 Å². The van der Waals surface area contributed by atoms with Crippen molar-refractivity contribution in [1.82, 2.24) is 20.3 Å². The van der Waals surface area contributed by atoms with E-state index in [0.717, 1.165) is 24.5 Å². The van der Waals surface area contributed by atoms with Gasteiger partial charge in [-0.3, -0.25) is 9.78 Å². The van der Waals surface area contributed by atoms with Gasteiger partial charge in [-0.15, -0.1) is 0 Å². The van der Waals surface area contributed by atoms with E-state index in [-0.39, 0.29) is 11.7 Å². The Hall–Kier alpha value is -1.86. The lowest BCUT2D eigenvalue weighted by Gasteiger charge is -2.16. The molecule has 126 valence electrons. The SMILES string of the molecule is O=C(CSc1nc(Cl)cc(N2CCCC2)n1)NCc1ccncc1. The molecule has 3 rings (SSSR count). The molecule has 1 aliphatic rings. The van der Waals surface area contributed by atoms with Crippen LogP contribution in [-0.2, 0) is 11.3 Å². The van der Waals surface area contributed by atoms with Crippen molar-refractivity contribution in [2.75, 3.05) is 23.7 Å². The van der Waals surface area contributed by atoms with E-state index in [1.807, 2.05) is 12.1 Å². The van der Waals surface area contributed by atoms with Gasteiger partial charge in [0.15, 0.2) is 5.16 Å². The van der Waals surface area contributed by atoms with Gasteiger partial charge in [-0.1, -0.05) is 23.4 Å². The first kappa shape index (κ1) is 17.0. The molecule has 0 radical (unpaired) electrons. The topological polar surface area (TPSA) is 71.0 Å². The zero-order chi connectivity index (χ0) is 16.8. The van der Waals surface area contributed by atoms with E-state index in [1.165, 1.54) is 24.6 Å². The summed E-state index contributed by atoms with van der Waals surface area (Å²) >= 11 is 7.38. The molecule has 6 nitrogen and oxygen atoms in total. The second-order valence-electron chi connectivity index (χ2n) is 5.45. The molecule has 0 bridgehead atoms. The summed E-state index contributed by atoms with van der Waals surface area (Å²) in [5.41, 5.74) is 1.01. The number of pyridine rings is 1. The number of nitrogens with one attached hydrogen (secondary N) is 1. The molecule has 0 aromatic carbocycles. The first-order valence-corrected chi connectivity index (χ1v) is 9.15. The highest BCUT2D eigenvalue weighted by Gasteiger charge is 2.16. The van der Waals surface area contributed by atoms with Crippen LogP contribution < -0.4 is 10.2 Å². The predicted molar refractivity (Wildman–Crippen MR) is 95.3 cm³/mol. The number of rotatable bonds is 6. The number of carbonyl (C=O) groups excluding carboxylic acids is 1. The first-order chi connectivity index (χ1) is 11.7. The van der Waals surface area contributed by atoms with Crippen LogP contribution in [0.15, 0.2) is 35.7 Å². The standard InChI is InChI=1S/C16H18ClN5OS/c17-13-9-14(22-7-1-2-8-22)21-16(20-13)24-11-15(23)19-10-12-3-5-18-6-4-12/h3-6,9H,1-2,7-8,10-11H2,(H,19,23). The summed E-state index contributed by atoms with van der Waals surface area (Å²) in [6.07, 6.45) is 5.74. The highest BCUT2D eigenvalue weighted by molar-refractivity contribution is 7.99. The molecule has 3 heterocycles. The second-order valence-corrected chi connectivity index (χ2v) is 6.78. The number of hydrogen-bond donors (Lipinski definition) is 1. The fourth-order valence-corrected chi connectivity index (χ4v) is 3.35. The molecule has 1 fully saturated rings. The third-order valence-corrected chi connectivity index (χ3v) is 4.70. The van der Waals surface area contributed by atoms with Crippen LogP contribution in [0.5, 0.6) is 0 Å². The maximum absolute atomic E-state index is 12.0. The molecule has 2 aromatic heterocycles. The lowest BCUT2D eigenvalue weighted by atomic mass is 10.3. The minimum absolute atomic E-state index is 0.0666.